The smallest absolute Gasteiger partial charge is 0.310 e. The van der Waals surface area contributed by atoms with Crippen LogP contribution in [0.4, 0.5) is 47.3 Å². The molecule has 0 aromatic heterocycles. The van der Waals surface area contributed by atoms with Gasteiger partial charge in [-0.15, -0.1) is 0 Å². The minimum absolute atomic E-state index is 0.262. The van der Waals surface area contributed by atoms with Gasteiger partial charge < -0.3 is 9.80 Å². The van der Waals surface area contributed by atoms with E-state index in [1.165, 1.54) is 73.3 Å². The Labute approximate surface area is 340 Å². The number of rotatable bonds is 6. The number of benzene rings is 7. The van der Waals surface area contributed by atoms with E-state index in [0.717, 1.165) is 34.0 Å². The zero-order valence-electron chi connectivity index (χ0n) is 34.3. The van der Waals surface area contributed by atoms with E-state index in [9.17, 15) is 13.2 Å². The van der Waals surface area contributed by atoms with Crippen LogP contribution in [0.3, 0.4) is 0 Å². The average molecular weight is 769 g/mol. The van der Waals surface area contributed by atoms with Gasteiger partial charge >= 0.3 is 6.18 Å². The van der Waals surface area contributed by atoms with Gasteiger partial charge in [-0.25, -0.2) is 0 Å². The second-order valence-electron chi connectivity index (χ2n) is 17.2. The first-order valence-electron chi connectivity index (χ1n) is 20.0. The van der Waals surface area contributed by atoms with E-state index in [1.807, 2.05) is 31.2 Å². The van der Waals surface area contributed by atoms with Crippen molar-refractivity contribution < 1.29 is 13.2 Å². The van der Waals surface area contributed by atoms with E-state index in [-0.39, 0.29) is 10.8 Å². The zero-order chi connectivity index (χ0) is 40.9. The summed E-state index contributed by atoms with van der Waals surface area (Å²) in [5, 5.41) is 0. The molecule has 0 spiro atoms. The highest BCUT2D eigenvalue weighted by Crippen LogP contribution is 2.58. The Morgan fingerprint density at radius 2 is 0.879 bits per heavy atom. The minimum atomic E-state index is -4.41. The molecule has 0 aliphatic heterocycles. The number of anilines is 6. The minimum Gasteiger partial charge on any atom is -0.310 e. The van der Waals surface area contributed by atoms with Crippen LogP contribution in [0.25, 0.3) is 22.3 Å². The first-order valence-corrected chi connectivity index (χ1v) is 20.0. The molecule has 2 aliphatic rings. The predicted octanol–water partition coefficient (Wildman–Crippen LogP) is 15.5. The van der Waals surface area contributed by atoms with Crippen molar-refractivity contribution in [3.05, 3.63) is 190 Å². The molecule has 290 valence electrons. The lowest BCUT2D eigenvalue weighted by molar-refractivity contribution is -0.137. The summed E-state index contributed by atoms with van der Waals surface area (Å²) in [6.07, 6.45) is -4.41. The van der Waals surface area contributed by atoms with Gasteiger partial charge in [0.25, 0.3) is 0 Å². The number of hydrogen-bond acceptors (Lipinski definition) is 2. The SMILES string of the molecule is Cc1ccc(N(c2cc(C)c3c(c2)C(C)(C)c2cc4c(cc2-3)C(C)(C)c2cc(N(c3ccc(C(F)(F)F)cc3)c3ccccc3C)ccc2-4)c2ccccc2C)cc1. The van der Waals surface area contributed by atoms with Crippen LogP contribution < -0.4 is 9.80 Å². The van der Waals surface area contributed by atoms with Gasteiger partial charge in [0.2, 0.25) is 0 Å². The molecule has 7 aromatic carbocycles. The van der Waals surface area contributed by atoms with Crippen molar-refractivity contribution in [3.63, 3.8) is 0 Å². The fourth-order valence-corrected chi connectivity index (χ4v) is 9.50. The number of hydrogen-bond donors (Lipinski definition) is 0. The molecule has 9 rings (SSSR count). The van der Waals surface area contributed by atoms with Gasteiger partial charge in [-0.05, 0) is 174 Å². The Morgan fingerprint density at radius 1 is 0.414 bits per heavy atom. The van der Waals surface area contributed by atoms with Crippen molar-refractivity contribution in [2.45, 2.75) is 72.4 Å². The summed E-state index contributed by atoms with van der Waals surface area (Å²) < 4.78 is 40.9. The summed E-state index contributed by atoms with van der Waals surface area (Å²) in [7, 11) is 0. The number of nitrogens with zero attached hydrogens (tertiary/aromatic N) is 2. The Hall–Kier alpha value is -6.07. The third-order valence-electron chi connectivity index (χ3n) is 12.7. The fraction of sp³-hybridized carbons (Fsp3) is 0.208. The van der Waals surface area contributed by atoms with Crippen molar-refractivity contribution in [2.75, 3.05) is 9.80 Å². The maximum Gasteiger partial charge on any atom is 0.416 e. The number of halogens is 3. The first-order chi connectivity index (χ1) is 27.6. The van der Waals surface area contributed by atoms with Crippen molar-refractivity contribution >= 4 is 34.1 Å². The third kappa shape index (κ3) is 5.85. The molecule has 0 radical (unpaired) electrons. The van der Waals surface area contributed by atoms with Crippen molar-refractivity contribution in [2.24, 2.45) is 0 Å². The van der Waals surface area contributed by atoms with Crippen LogP contribution in [0, 0.1) is 27.7 Å². The summed E-state index contributed by atoms with van der Waals surface area (Å²) in [6.45, 7) is 17.9. The van der Waals surface area contributed by atoms with Crippen molar-refractivity contribution in [1.29, 1.82) is 0 Å². The normalized spacial score (nSPS) is 14.4. The number of aryl methyl sites for hydroxylation is 4. The Bertz CT molecular complexity index is 2750. The van der Waals surface area contributed by atoms with Crippen LogP contribution in [-0.4, -0.2) is 0 Å². The standard InChI is InChI=1S/C53H47F3N2/c1-32-17-21-37(22-18-32)58(49-16-12-10-14-34(49)3)40-27-35(4)50-43-31-45-42(30-46(43)52(7,8)47(50)29-40)41-26-25-39(28-44(41)51(45,5)6)57(48-15-11-9-13-33(48)2)38-23-19-36(20-24-38)53(54,55)56/h9-31H,1-8H3. The Balaban J connectivity index is 1.16. The van der Waals surface area contributed by atoms with Crippen LogP contribution in [0.2, 0.25) is 0 Å². The number of alkyl halides is 3. The molecule has 0 unspecified atom stereocenters. The van der Waals surface area contributed by atoms with Crippen LogP contribution >= 0.6 is 0 Å². The molecular formula is C53H47F3N2. The van der Waals surface area contributed by atoms with Gasteiger partial charge in [0, 0.05) is 45.0 Å². The largest absolute Gasteiger partial charge is 0.416 e. The molecule has 0 saturated heterocycles. The lowest BCUT2D eigenvalue weighted by atomic mass is 9.79. The zero-order valence-corrected chi connectivity index (χ0v) is 34.3. The summed E-state index contributed by atoms with van der Waals surface area (Å²) in [6, 6.07) is 47.1. The number of para-hydroxylation sites is 2. The Kier molecular flexibility index (Phi) is 8.56. The summed E-state index contributed by atoms with van der Waals surface area (Å²) >= 11 is 0. The molecule has 0 heterocycles. The summed E-state index contributed by atoms with van der Waals surface area (Å²) in [4.78, 5) is 4.47. The van der Waals surface area contributed by atoms with Crippen LogP contribution in [0.1, 0.15) is 77.8 Å². The first kappa shape index (κ1) is 37.5. The van der Waals surface area contributed by atoms with Crippen LogP contribution in [-0.2, 0) is 17.0 Å². The topological polar surface area (TPSA) is 6.48 Å². The predicted molar refractivity (Wildman–Crippen MR) is 235 cm³/mol. The molecule has 5 heteroatoms. The highest BCUT2D eigenvalue weighted by molar-refractivity contribution is 5.93. The summed E-state index contributed by atoms with van der Waals surface area (Å²) in [5.74, 6) is 0. The quantitative estimate of drug-likeness (QED) is 0.166. The van der Waals surface area contributed by atoms with E-state index in [2.05, 4.69) is 149 Å². The Morgan fingerprint density at radius 3 is 1.47 bits per heavy atom. The van der Waals surface area contributed by atoms with Gasteiger partial charge in [-0.2, -0.15) is 13.2 Å². The highest BCUT2D eigenvalue weighted by atomic mass is 19.4. The molecule has 0 bridgehead atoms. The molecule has 0 amide bonds. The van der Waals surface area contributed by atoms with Gasteiger partial charge in [0.15, 0.2) is 0 Å². The van der Waals surface area contributed by atoms with Gasteiger partial charge in [-0.1, -0.05) is 87.9 Å². The fourth-order valence-electron chi connectivity index (χ4n) is 9.50. The molecule has 0 fully saturated rings. The number of fused-ring (bicyclic) bond motifs is 6. The van der Waals surface area contributed by atoms with E-state index in [1.54, 1.807) is 12.1 Å². The third-order valence-corrected chi connectivity index (χ3v) is 12.7. The van der Waals surface area contributed by atoms with Crippen LogP contribution in [0.15, 0.2) is 140 Å². The maximum atomic E-state index is 13.6. The summed E-state index contributed by atoms with van der Waals surface area (Å²) in [5.41, 5.74) is 19.5. The van der Waals surface area contributed by atoms with E-state index < -0.39 is 11.7 Å². The molecule has 2 aliphatic carbocycles. The molecule has 0 atom stereocenters. The maximum absolute atomic E-state index is 13.6. The lowest BCUT2D eigenvalue weighted by Gasteiger charge is -2.30. The van der Waals surface area contributed by atoms with Crippen molar-refractivity contribution in [3.8, 4) is 22.3 Å². The monoisotopic (exact) mass is 768 g/mol. The van der Waals surface area contributed by atoms with Gasteiger partial charge in [0.1, 0.15) is 0 Å². The molecule has 2 nitrogen and oxygen atoms in total. The molecular weight excluding hydrogens is 722 g/mol. The van der Waals surface area contributed by atoms with E-state index >= 15 is 0 Å². The van der Waals surface area contributed by atoms with E-state index in [0.29, 0.717) is 5.69 Å². The lowest BCUT2D eigenvalue weighted by Crippen LogP contribution is -2.18. The molecule has 7 aromatic rings. The van der Waals surface area contributed by atoms with E-state index in [4.69, 9.17) is 0 Å². The van der Waals surface area contributed by atoms with Gasteiger partial charge in [0.05, 0.1) is 5.56 Å². The second-order valence-corrected chi connectivity index (χ2v) is 17.2. The van der Waals surface area contributed by atoms with Gasteiger partial charge in [-0.3, -0.25) is 0 Å². The average Bonchev–Trinajstić information content (AvgIpc) is 3.55. The molecule has 0 saturated carbocycles. The highest BCUT2D eigenvalue weighted by Gasteiger charge is 2.43. The second kappa shape index (κ2) is 13.2. The molecule has 0 N–H and O–H groups in total. The van der Waals surface area contributed by atoms with Crippen LogP contribution in [0.5, 0.6) is 0 Å². The van der Waals surface area contributed by atoms with Crippen molar-refractivity contribution in [1.82, 2.24) is 0 Å². The molecule has 58 heavy (non-hydrogen) atoms.